The van der Waals surface area contributed by atoms with Gasteiger partial charge in [-0.15, -0.1) is 0 Å². The Bertz CT molecular complexity index is 822. The highest BCUT2D eigenvalue weighted by Crippen LogP contribution is 2.20. The van der Waals surface area contributed by atoms with E-state index in [0.717, 1.165) is 10.2 Å². The Morgan fingerprint density at radius 3 is 2.39 bits per heavy atom. The molecule has 9 heteroatoms. The van der Waals surface area contributed by atoms with Crippen LogP contribution in [0, 0.1) is 0 Å². The van der Waals surface area contributed by atoms with Crippen molar-refractivity contribution in [3.8, 4) is 5.75 Å². The maximum Gasteiger partial charge on any atom is 0.380 e. The van der Waals surface area contributed by atoms with Gasteiger partial charge in [-0.05, 0) is 48.0 Å². The second kappa shape index (κ2) is 7.01. The number of halogens is 1. The molecule has 0 unspecified atom stereocenters. The predicted octanol–water partition coefficient (Wildman–Crippen LogP) is 1.67. The lowest BCUT2D eigenvalue weighted by atomic mass is 10.1. The third-order valence-electron chi connectivity index (χ3n) is 2.78. The molecule has 0 aliphatic heterocycles. The zero-order valence-corrected chi connectivity index (χ0v) is 14.3. The molecule has 0 aliphatic rings. The first-order valence-electron chi connectivity index (χ1n) is 6.34. The van der Waals surface area contributed by atoms with Crippen molar-refractivity contribution in [2.24, 2.45) is 16.7 Å². The van der Waals surface area contributed by atoms with Crippen molar-refractivity contribution < 1.29 is 12.6 Å². The van der Waals surface area contributed by atoms with E-state index >= 15 is 0 Å². The summed E-state index contributed by atoms with van der Waals surface area (Å²) in [7, 11) is -4.05. The highest BCUT2D eigenvalue weighted by molar-refractivity contribution is 9.10. The summed E-state index contributed by atoms with van der Waals surface area (Å²) in [6.45, 7) is 0. The van der Waals surface area contributed by atoms with Gasteiger partial charge in [0.05, 0.1) is 11.4 Å². The smallest absolute Gasteiger partial charge is 0.380 e. The van der Waals surface area contributed by atoms with Crippen LogP contribution in [0.15, 0.2) is 59.2 Å². The molecule has 122 valence electrons. The van der Waals surface area contributed by atoms with Crippen LogP contribution in [0.2, 0.25) is 0 Å². The molecule has 23 heavy (non-hydrogen) atoms. The fourth-order valence-corrected chi connectivity index (χ4v) is 2.54. The van der Waals surface area contributed by atoms with E-state index in [1.807, 2.05) is 24.3 Å². The highest BCUT2D eigenvalue weighted by atomic mass is 79.9. The summed E-state index contributed by atoms with van der Waals surface area (Å²) >= 11 is 3.37. The second-order valence-electron chi connectivity index (χ2n) is 4.57. The van der Waals surface area contributed by atoms with E-state index < -0.39 is 10.3 Å². The van der Waals surface area contributed by atoms with Gasteiger partial charge in [-0.3, -0.25) is 5.01 Å². The zero-order chi connectivity index (χ0) is 17.0. The van der Waals surface area contributed by atoms with Gasteiger partial charge in [-0.25, -0.2) is 5.84 Å². The third-order valence-corrected chi connectivity index (χ3v) is 3.70. The Morgan fingerprint density at radius 2 is 1.83 bits per heavy atom. The summed E-state index contributed by atoms with van der Waals surface area (Å²) in [5, 5.41) is 6.18. The lowest BCUT2D eigenvalue weighted by molar-refractivity contribution is 0.488. The Balaban J connectivity index is 2.17. The quantitative estimate of drug-likeness (QED) is 0.519. The van der Waals surface area contributed by atoms with E-state index in [2.05, 4.69) is 20.1 Å². The first kappa shape index (κ1) is 17.3. The molecular weight excluding hydrogens is 384 g/mol. The Kier molecular flexibility index (Phi) is 5.26. The van der Waals surface area contributed by atoms with Crippen molar-refractivity contribution in [2.75, 3.05) is 5.01 Å². The summed E-state index contributed by atoms with van der Waals surface area (Å²) in [4.78, 5) is 0. The molecule has 0 bridgehead atoms. The first-order valence-corrected chi connectivity index (χ1v) is 8.60. The summed E-state index contributed by atoms with van der Waals surface area (Å²) in [5.74, 6) is 6.05. The SMILES string of the molecule is N/C(=C\N(N)c1cccc(Br)c1)c1ccc(OS(N)(=O)=O)cc1. The molecule has 0 amide bonds. The van der Waals surface area contributed by atoms with Crippen LogP contribution in [0.25, 0.3) is 5.70 Å². The van der Waals surface area contributed by atoms with Gasteiger partial charge in [-0.2, -0.15) is 13.6 Å². The van der Waals surface area contributed by atoms with Crippen molar-refractivity contribution in [1.82, 2.24) is 0 Å². The Labute approximate surface area is 142 Å². The molecule has 2 aromatic rings. The lowest BCUT2D eigenvalue weighted by Crippen LogP contribution is -2.25. The molecule has 2 aromatic carbocycles. The lowest BCUT2D eigenvalue weighted by Gasteiger charge is -2.15. The van der Waals surface area contributed by atoms with Crippen molar-refractivity contribution in [3.05, 3.63) is 64.8 Å². The van der Waals surface area contributed by atoms with E-state index in [1.165, 1.54) is 17.1 Å². The van der Waals surface area contributed by atoms with Gasteiger partial charge in [-0.1, -0.05) is 22.0 Å². The monoisotopic (exact) mass is 398 g/mol. The summed E-state index contributed by atoms with van der Waals surface area (Å²) < 4.78 is 27.1. The Hall–Kier alpha value is -2.07. The molecule has 7 nitrogen and oxygen atoms in total. The molecule has 0 fully saturated rings. The predicted molar refractivity (Wildman–Crippen MR) is 93.2 cm³/mol. The van der Waals surface area contributed by atoms with Crippen molar-refractivity contribution in [1.29, 1.82) is 0 Å². The largest absolute Gasteiger partial charge is 0.397 e. The molecule has 0 heterocycles. The number of hydrogen-bond donors (Lipinski definition) is 3. The molecule has 0 atom stereocenters. The Morgan fingerprint density at radius 1 is 1.17 bits per heavy atom. The molecule has 0 saturated carbocycles. The number of rotatable bonds is 5. The topological polar surface area (TPSA) is 125 Å². The van der Waals surface area contributed by atoms with Crippen molar-refractivity contribution in [2.45, 2.75) is 0 Å². The zero-order valence-electron chi connectivity index (χ0n) is 11.9. The number of nitrogens with zero attached hydrogens (tertiary/aromatic N) is 1. The van der Waals surface area contributed by atoms with Crippen LogP contribution in [0.4, 0.5) is 5.69 Å². The molecule has 0 aliphatic carbocycles. The number of anilines is 1. The number of hydrogen-bond acceptors (Lipinski definition) is 6. The van der Waals surface area contributed by atoms with Crippen LogP contribution in [0.1, 0.15) is 5.56 Å². The van der Waals surface area contributed by atoms with Crippen LogP contribution in [-0.2, 0) is 10.3 Å². The van der Waals surface area contributed by atoms with Crippen LogP contribution in [0.5, 0.6) is 5.75 Å². The van der Waals surface area contributed by atoms with Gasteiger partial charge in [0.15, 0.2) is 0 Å². The average Bonchev–Trinajstić information content (AvgIpc) is 2.46. The van der Waals surface area contributed by atoms with Gasteiger partial charge < -0.3 is 9.92 Å². The van der Waals surface area contributed by atoms with Crippen LogP contribution in [0.3, 0.4) is 0 Å². The van der Waals surface area contributed by atoms with E-state index in [0.29, 0.717) is 11.3 Å². The van der Waals surface area contributed by atoms with Gasteiger partial charge in [0.2, 0.25) is 0 Å². The average molecular weight is 399 g/mol. The summed E-state index contributed by atoms with van der Waals surface area (Å²) in [6, 6.07) is 13.5. The van der Waals surface area contributed by atoms with Crippen LogP contribution in [-0.4, -0.2) is 8.42 Å². The molecule has 0 radical (unpaired) electrons. The maximum absolute atomic E-state index is 10.8. The molecule has 0 spiro atoms. The van der Waals surface area contributed by atoms with Crippen LogP contribution < -0.4 is 25.9 Å². The molecule has 0 saturated heterocycles. The minimum absolute atomic E-state index is 0.0978. The van der Waals surface area contributed by atoms with Gasteiger partial charge in [0.1, 0.15) is 5.75 Å². The number of benzene rings is 2. The molecular formula is C14H15BrN4O3S. The fraction of sp³-hybridized carbons (Fsp3) is 0. The van der Waals surface area contributed by atoms with E-state index in [1.54, 1.807) is 18.3 Å². The van der Waals surface area contributed by atoms with E-state index in [-0.39, 0.29) is 5.75 Å². The standard InChI is InChI=1S/C14H15BrN4O3S/c15-11-2-1-3-12(8-11)19(17)9-14(16)10-4-6-13(7-5-10)22-23(18,20)21/h1-9H,16-17H2,(H2,18,20,21)/b14-9-. The molecule has 0 aromatic heterocycles. The highest BCUT2D eigenvalue weighted by Gasteiger charge is 2.06. The number of nitrogens with two attached hydrogens (primary N) is 3. The third kappa shape index (κ3) is 5.25. The van der Waals surface area contributed by atoms with E-state index in [4.69, 9.17) is 16.7 Å². The fourth-order valence-electron chi connectivity index (χ4n) is 1.77. The second-order valence-corrected chi connectivity index (χ2v) is 6.64. The summed E-state index contributed by atoms with van der Waals surface area (Å²) in [5.41, 5.74) is 7.79. The van der Waals surface area contributed by atoms with Crippen molar-refractivity contribution in [3.63, 3.8) is 0 Å². The van der Waals surface area contributed by atoms with Gasteiger partial charge in [0.25, 0.3) is 0 Å². The van der Waals surface area contributed by atoms with Crippen molar-refractivity contribution >= 4 is 37.6 Å². The first-order chi connectivity index (χ1) is 10.7. The minimum atomic E-state index is -4.05. The van der Waals surface area contributed by atoms with Gasteiger partial charge in [0, 0.05) is 10.7 Å². The maximum atomic E-state index is 10.8. The summed E-state index contributed by atoms with van der Waals surface area (Å²) in [6.07, 6.45) is 1.55. The number of hydrazine groups is 1. The molecule has 6 N–H and O–H groups in total. The van der Waals surface area contributed by atoms with Crippen LogP contribution >= 0.6 is 15.9 Å². The molecule has 2 rings (SSSR count). The van der Waals surface area contributed by atoms with Gasteiger partial charge >= 0.3 is 10.3 Å². The normalized spacial score (nSPS) is 12.0. The van der Waals surface area contributed by atoms with E-state index in [9.17, 15) is 8.42 Å². The minimum Gasteiger partial charge on any atom is -0.397 e.